The summed E-state index contributed by atoms with van der Waals surface area (Å²) < 4.78 is 10.6. The maximum Gasteiger partial charge on any atom is 0.123 e. The minimum absolute atomic E-state index is 0.0900. The molecule has 0 saturated carbocycles. The second kappa shape index (κ2) is 7.24. The van der Waals surface area contributed by atoms with Crippen LogP contribution in [0.25, 0.3) is 0 Å². The van der Waals surface area contributed by atoms with Crippen LogP contribution in [0.3, 0.4) is 0 Å². The fourth-order valence-corrected chi connectivity index (χ4v) is 1.92. The first-order valence-electron chi connectivity index (χ1n) is 6.25. The molecule has 0 saturated heterocycles. The summed E-state index contributed by atoms with van der Waals surface area (Å²) in [6.45, 7) is 4.23. The summed E-state index contributed by atoms with van der Waals surface area (Å²) in [4.78, 5) is 0. The zero-order valence-corrected chi connectivity index (χ0v) is 11.6. The lowest BCUT2D eigenvalue weighted by molar-refractivity contribution is 0.229. The molecule has 0 spiro atoms. The number of methoxy groups -OCH3 is 2. The lowest BCUT2D eigenvalue weighted by Crippen LogP contribution is -2.34. The average Bonchev–Trinajstić information content (AvgIpc) is 2.43. The summed E-state index contributed by atoms with van der Waals surface area (Å²) in [5.74, 6) is 1.63. The first-order chi connectivity index (χ1) is 8.65. The van der Waals surface area contributed by atoms with E-state index in [2.05, 4.69) is 12.2 Å². The van der Waals surface area contributed by atoms with Crippen molar-refractivity contribution < 1.29 is 14.6 Å². The van der Waals surface area contributed by atoms with Crippen LogP contribution in [0.15, 0.2) is 18.2 Å². The molecule has 0 aliphatic heterocycles. The van der Waals surface area contributed by atoms with Gasteiger partial charge in [0.05, 0.1) is 20.8 Å². The molecule has 1 rings (SSSR count). The van der Waals surface area contributed by atoms with E-state index in [4.69, 9.17) is 9.47 Å². The molecule has 4 nitrogen and oxygen atoms in total. The molecule has 2 atom stereocenters. The van der Waals surface area contributed by atoms with Gasteiger partial charge in [0, 0.05) is 17.6 Å². The third-order valence-corrected chi connectivity index (χ3v) is 3.10. The number of benzene rings is 1. The molecule has 4 heteroatoms. The van der Waals surface area contributed by atoms with Crippen molar-refractivity contribution in [3.05, 3.63) is 23.8 Å². The Morgan fingerprint density at radius 2 is 2.00 bits per heavy atom. The van der Waals surface area contributed by atoms with Crippen molar-refractivity contribution in [2.75, 3.05) is 20.8 Å². The van der Waals surface area contributed by atoms with E-state index in [0.717, 1.165) is 23.5 Å². The second-order valence-corrected chi connectivity index (χ2v) is 4.28. The molecule has 0 amide bonds. The summed E-state index contributed by atoms with van der Waals surface area (Å²) in [5, 5.41) is 12.6. The van der Waals surface area contributed by atoms with Gasteiger partial charge in [-0.05, 0) is 31.5 Å². The Labute approximate surface area is 109 Å². The Morgan fingerprint density at radius 1 is 1.28 bits per heavy atom. The fraction of sp³-hybridized carbons (Fsp3) is 0.571. The molecular weight excluding hydrogens is 230 g/mol. The molecule has 102 valence electrons. The molecule has 1 aromatic carbocycles. The standard InChI is InChI=1S/C14H23NO3/c1-5-11(9-16)15-10(2)13-8-12(17-3)6-7-14(13)18-4/h6-8,10-11,15-16H,5,9H2,1-4H3/t10?,11-/m1/s1. The van der Waals surface area contributed by atoms with Gasteiger partial charge in [0.25, 0.3) is 0 Å². The monoisotopic (exact) mass is 253 g/mol. The smallest absolute Gasteiger partial charge is 0.123 e. The summed E-state index contributed by atoms with van der Waals surface area (Å²) in [7, 11) is 3.30. The minimum atomic E-state index is 0.0900. The highest BCUT2D eigenvalue weighted by molar-refractivity contribution is 5.42. The summed E-state index contributed by atoms with van der Waals surface area (Å²) >= 11 is 0. The molecule has 0 bridgehead atoms. The number of nitrogens with one attached hydrogen (secondary N) is 1. The van der Waals surface area contributed by atoms with Crippen molar-refractivity contribution in [1.29, 1.82) is 0 Å². The fourth-order valence-electron chi connectivity index (χ4n) is 1.92. The van der Waals surface area contributed by atoms with E-state index < -0.39 is 0 Å². The van der Waals surface area contributed by atoms with Crippen LogP contribution in [0, 0.1) is 0 Å². The van der Waals surface area contributed by atoms with Gasteiger partial charge in [-0.25, -0.2) is 0 Å². The number of rotatable bonds is 7. The van der Waals surface area contributed by atoms with E-state index in [-0.39, 0.29) is 18.7 Å². The molecule has 0 aliphatic rings. The lowest BCUT2D eigenvalue weighted by Gasteiger charge is -2.22. The van der Waals surface area contributed by atoms with Crippen molar-refractivity contribution in [3.8, 4) is 11.5 Å². The minimum Gasteiger partial charge on any atom is -0.497 e. The van der Waals surface area contributed by atoms with E-state index in [1.807, 2.05) is 25.1 Å². The Kier molecular flexibility index (Phi) is 5.95. The number of hydrogen-bond acceptors (Lipinski definition) is 4. The topological polar surface area (TPSA) is 50.7 Å². The number of hydrogen-bond donors (Lipinski definition) is 2. The van der Waals surface area contributed by atoms with Gasteiger partial charge in [0.1, 0.15) is 11.5 Å². The molecule has 1 unspecified atom stereocenters. The van der Waals surface area contributed by atoms with E-state index in [9.17, 15) is 5.11 Å². The molecule has 0 aliphatic carbocycles. The van der Waals surface area contributed by atoms with Crippen molar-refractivity contribution in [2.45, 2.75) is 32.4 Å². The first-order valence-corrected chi connectivity index (χ1v) is 6.25. The Bertz CT molecular complexity index is 364. The number of aliphatic hydroxyl groups is 1. The summed E-state index contributed by atoms with van der Waals surface area (Å²) in [6, 6.07) is 5.91. The molecule has 1 aromatic rings. The molecule has 2 N–H and O–H groups in total. The van der Waals surface area contributed by atoms with Crippen LogP contribution in [0.5, 0.6) is 11.5 Å². The van der Waals surface area contributed by atoms with Crippen LogP contribution in [0.4, 0.5) is 0 Å². The molecule has 0 heterocycles. The van der Waals surface area contributed by atoms with E-state index >= 15 is 0 Å². The van der Waals surface area contributed by atoms with E-state index in [0.29, 0.717) is 0 Å². The third kappa shape index (κ3) is 3.62. The van der Waals surface area contributed by atoms with E-state index in [1.54, 1.807) is 14.2 Å². The normalized spacial score (nSPS) is 14.1. The summed E-state index contributed by atoms with van der Waals surface area (Å²) in [5.41, 5.74) is 1.03. The average molecular weight is 253 g/mol. The third-order valence-electron chi connectivity index (χ3n) is 3.10. The zero-order chi connectivity index (χ0) is 13.5. The van der Waals surface area contributed by atoms with Gasteiger partial charge in [-0.2, -0.15) is 0 Å². The second-order valence-electron chi connectivity index (χ2n) is 4.28. The van der Waals surface area contributed by atoms with Gasteiger partial charge in [0.15, 0.2) is 0 Å². The quantitative estimate of drug-likeness (QED) is 0.781. The molecule has 0 fully saturated rings. The predicted molar refractivity (Wildman–Crippen MR) is 72.3 cm³/mol. The van der Waals surface area contributed by atoms with Crippen LogP contribution < -0.4 is 14.8 Å². The number of ether oxygens (including phenoxy) is 2. The van der Waals surface area contributed by atoms with Crippen LogP contribution in [-0.2, 0) is 0 Å². The van der Waals surface area contributed by atoms with Gasteiger partial charge in [0.2, 0.25) is 0 Å². The Balaban J connectivity index is 2.91. The van der Waals surface area contributed by atoms with Crippen molar-refractivity contribution in [3.63, 3.8) is 0 Å². The molecule has 0 radical (unpaired) electrons. The molecule has 0 aromatic heterocycles. The molecular formula is C14H23NO3. The van der Waals surface area contributed by atoms with Gasteiger partial charge in [-0.1, -0.05) is 6.92 Å². The highest BCUT2D eigenvalue weighted by atomic mass is 16.5. The first kappa shape index (κ1) is 14.8. The predicted octanol–water partition coefficient (Wildman–Crippen LogP) is 2.13. The van der Waals surface area contributed by atoms with Gasteiger partial charge in [-0.3, -0.25) is 0 Å². The van der Waals surface area contributed by atoms with Crippen LogP contribution in [-0.4, -0.2) is 32.0 Å². The Hall–Kier alpha value is -1.26. The van der Waals surface area contributed by atoms with Gasteiger partial charge in [-0.15, -0.1) is 0 Å². The van der Waals surface area contributed by atoms with Crippen molar-refractivity contribution in [1.82, 2.24) is 5.32 Å². The molecule has 18 heavy (non-hydrogen) atoms. The SMILES string of the molecule is CC[C@H](CO)NC(C)c1cc(OC)ccc1OC. The largest absolute Gasteiger partial charge is 0.497 e. The van der Waals surface area contributed by atoms with Crippen LogP contribution in [0.1, 0.15) is 31.9 Å². The number of aliphatic hydroxyl groups excluding tert-OH is 1. The Morgan fingerprint density at radius 3 is 2.50 bits per heavy atom. The van der Waals surface area contributed by atoms with Crippen molar-refractivity contribution in [2.24, 2.45) is 0 Å². The van der Waals surface area contributed by atoms with Crippen LogP contribution >= 0.6 is 0 Å². The lowest BCUT2D eigenvalue weighted by atomic mass is 10.0. The van der Waals surface area contributed by atoms with Gasteiger partial charge < -0.3 is 19.9 Å². The highest BCUT2D eigenvalue weighted by Crippen LogP contribution is 2.29. The maximum absolute atomic E-state index is 9.23. The highest BCUT2D eigenvalue weighted by Gasteiger charge is 2.15. The van der Waals surface area contributed by atoms with E-state index in [1.165, 1.54) is 0 Å². The van der Waals surface area contributed by atoms with Gasteiger partial charge >= 0.3 is 0 Å². The zero-order valence-electron chi connectivity index (χ0n) is 11.6. The van der Waals surface area contributed by atoms with Crippen molar-refractivity contribution >= 4 is 0 Å². The summed E-state index contributed by atoms with van der Waals surface area (Å²) in [6.07, 6.45) is 0.882. The maximum atomic E-state index is 9.23. The van der Waals surface area contributed by atoms with Crippen LogP contribution in [0.2, 0.25) is 0 Å².